The molecule has 15 nitrogen and oxygen atoms in total. The van der Waals surface area contributed by atoms with Crippen molar-refractivity contribution in [3.8, 4) is 16.9 Å². The van der Waals surface area contributed by atoms with Crippen molar-refractivity contribution in [3.63, 3.8) is 0 Å². The minimum Gasteiger partial charge on any atom is -0.496 e. The summed E-state index contributed by atoms with van der Waals surface area (Å²) in [5, 5.41) is 6.98. The van der Waals surface area contributed by atoms with E-state index in [1.165, 1.54) is 38.0 Å². The lowest BCUT2D eigenvalue weighted by molar-refractivity contribution is -0.130. The first kappa shape index (κ1) is 47.3. The van der Waals surface area contributed by atoms with Gasteiger partial charge in [0.1, 0.15) is 30.0 Å². The molecule has 2 aliphatic rings. The van der Waals surface area contributed by atoms with Gasteiger partial charge >= 0.3 is 18.2 Å². The zero-order valence-corrected chi connectivity index (χ0v) is 39.4. The summed E-state index contributed by atoms with van der Waals surface area (Å²) < 4.78 is 22.0. The van der Waals surface area contributed by atoms with E-state index in [1.54, 1.807) is 99.6 Å². The molecule has 6 aromatic rings. The normalized spacial score (nSPS) is 14.7. The number of methoxy groups -OCH3 is 2. The van der Waals surface area contributed by atoms with Gasteiger partial charge in [-0.3, -0.25) is 24.6 Å². The Morgan fingerprint density at radius 1 is 0.783 bits per heavy atom. The van der Waals surface area contributed by atoms with Gasteiger partial charge in [0.25, 0.3) is 11.8 Å². The molecule has 2 unspecified atom stereocenters. The number of anilines is 3. The number of likely N-dealkylation sites (N-methyl/N-ethyl adjacent to an activating group) is 1. The van der Waals surface area contributed by atoms with Crippen molar-refractivity contribution < 1.29 is 47.7 Å². The summed E-state index contributed by atoms with van der Waals surface area (Å²) >= 11 is 0. The molecule has 0 radical (unpaired) electrons. The van der Waals surface area contributed by atoms with E-state index in [1.807, 2.05) is 36.4 Å². The molecular formula is C54H53N5O10. The maximum atomic E-state index is 15.1. The molecule has 0 saturated carbocycles. The van der Waals surface area contributed by atoms with Crippen LogP contribution in [0.3, 0.4) is 0 Å². The Balaban J connectivity index is 1.08. The Morgan fingerprint density at radius 2 is 1.41 bits per heavy atom. The predicted molar refractivity (Wildman–Crippen MR) is 262 cm³/mol. The van der Waals surface area contributed by atoms with Crippen molar-refractivity contribution in [1.82, 2.24) is 10.2 Å². The first-order chi connectivity index (χ1) is 33.1. The number of amides is 5. The van der Waals surface area contributed by atoms with Crippen LogP contribution in [-0.2, 0) is 30.3 Å². The third-order valence-electron chi connectivity index (χ3n) is 12.4. The number of nitrogens with zero attached hydrogens (tertiary/aromatic N) is 3. The Labute approximate surface area is 399 Å². The number of hydrogen-bond donors (Lipinski definition) is 2. The summed E-state index contributed by atoms with van der Waals surface area (Å²) in [7, 11) is 4.24. The molecule has 0 saturated heterocycles. The van der Waals surface area contributed by atoms with Crippen LogP contribution in [0.5, 0.6) is 5.75 Å². The van der Waals surface area contributed by atoms with Crippen LogP contribution in [0, 0.1) is 0 Å². The molecule has 15 heteroatoms. The first-order valence-electron chi connectivity index (χ1n) is 22.4. The lowest BCUT2D eigenvalue weighted by Gasteiger charge is -2.30. The molecule has 1 aliphatic heterocycles. The van der Waals surface area contributed by atoms with Crippen LogP contribution >= 0.6 is 0 Å². The second-order valence-corrected chi connectivity index (χ2v) is 17.9. The summed E-state index contributed by atoms with van der Waals surface area (Å²) in [5.41, 5.74) is 5.85. The molecule has 0 aromatic heterocycles. The molecule has 0 fully saturated rings. The van der Waals surface area contributed by atoms with Crippen LogP contribution < -0.4 is 25.2 Å². The SMILES string of the molecule is COC(=O)c1ccc2c(CN3C(=O)C(NC(=O)C(C)N(C)C(=O)OC(C)(C)C)CN(C(=O)c4ccc(NC(=O)OCC5c6ccccc6-c6ccccc65)cc4)c4ccccc43)c(OC)ccc2c1. The highest BCUT2D eigenvalue weighted by Gasteiger charge is 2.39. The highest BCUT2D eigenvalue weighted by Crippen LogP contribution is 2.45. The maximum absolute atomic E-state index is 15.1. The topological polar surface area (TPSA) is 173 Å². The number of benzene rings is 6. The fraction of sp³-hybridized carbons (Fsp3) is 0.259. The van der Waals surface area contributed by atoms with Gasteiger partial charge in [0.2, 0.25) is 5.91 Å². The zero-order chi connectivity index (χ0) is 49.1. The molecule has 0 spiro atoms. The molecule has 1 heterocycles. The second-order valence-electron chi connectivity index (χ2n) is 17.9. The largest absolute Gasteiger partial charge is 0.496 e. The average Bonchev–Trinajstić information content (AvgIpc) is 3.62. The summed E-state index contributed by atoms with van der Waals surface area (Å²) in [5.74, 6) is -1.90. The summed E-state index contributed by atoms with van der Waals surface area (Å²) in [6.07, 6.45) is -1.40. The fourth-order valence-electron chi connectivity index (χ4n) is 8.75. The molecule has 2 N–H and O–H groups in total. The maximum Gasteiger partial charge on any atom is 0.411 e. The van der Waals surface area contributed by atoms with Gasteiger partial charge in [-0.2, -0.15) is 0 Å². The molecular weight excluding hydrogens is 879 g/mol. The number of ether oxygens (including phenoxy) is 4. The number of hydrogen-bond acceptors (Lipinski definition) is 10. The van der Waals surface area contributed by atoms with Crippen LogP contribution in [0.2, 0.25) is 0 Å². The number of carbonyl (C=O) groups is 6. The summed E-state index contributed by atoms with van der Waals surface area (Å²) in [6.45, 7) is 6.39. The Kier molecular flexibility index (Phi) is 13.4. The first-order valence-corrected chi connectivity index (χ1v) is 22.4. The van der Waals surface area contributed by atoms with Crippen molar-refractivity contribution in [2.45, 2.75) is 57.8 Å². The van der Waals surface area contributed by atoms with E-state index in [0.717, 1.165) is 27.2 Å². The third kappa shape index (κ3) is 9.80. The van der Waals surface area contributed by atoms with Gasteiger partial charge in [-0.1, -0.05) is 72.8 Å². The van der Waals surface area contributed by atoms with E-state index in [2.05, 4.69) is 22.8 Å². The van der Waals surface area contributed by atoms with E-state index in [-0.39, 0.29) is 31.2 Å². The highest BCUT2D eigenvalue weighted by atomic mass is 16.6. The van der Waals surface area contributed by atoms with Crippen molar-refractivity contribution in [2.24, 2.45) is 0 Å². The van der Waals surface area contributed by atoms with Gasteiger partial charge < -0.3 is 34.1 Å². The van der Waals surface area contributed by atoms with Gasteiger partial charge in [-0.05, 0) is 115 Å². The van der Waals surface area contributed by atoms with Crippen molar-refractivity contribution in [2.75, 3.05) is 49.5 Å². The van der Waals surface area contributed by atoms with Crippen LogP contribution in [-0.4, -0.2) is 92.9 Å². The number of carbonyl (C=O) groups excluding carboxylic acids is 6. The highest BCUT2D eigenvalue weighted by molar-refractivity contribution is 6.13. The zero-order valence-electron chi connectivity index (χ0n) is 39.4. The van der Waals surface area contributed by atoms with Crippen molar-refractivity contribution >= 4 is 63.7 Å². The van der Waals surface area contributed by atoms with Crippen LogP contribution in [0.4, 0.5) is 26.7 Å². The average molecular weight is 932 g/mol. The molecule has 354 valence electrons. The van der Waals surface area contributed by atoms with Crippen LogP contribution in [0.1, 0.15) is 71.0 Å². The predicted octanol–water partition coefficient (Wildman–Crippen LogP) is 8.93. The van der Waals surface area contributed by atoms with Gasteiger partial charge in [0.05, 0.1) is 44.2 Å². The molecule has 5 amide bonds. The molecule has 2 atom stereocenters. The number of fused-ring (bicyclic) bond motifs is 5. The summed E-state index contributed by atoms with van der Waals surface area (Å²) in [4.78, 5) is 86.7. The van der Waals surface area contributed by atoms with Crippen molar-refractivity contribution in [1.29, 1.82) is 0 Å². The Hall–Kier alpha value is -8.20. The van der Waals surface area contributed by atoms with Gasteiger partial charge in [-0.15, -0.1) is 0 Å². The smallest absolute Gasteiger partial charge is 0.411 e. The fourth-order valence-corrected chi connectivity index (χ4v) is 8.75. The molecule has 1 aliphatic carbocycles. The number of rotatable bonds is 11. The monoisotopic (exact) mass is 931 g/mol. The van der Waals surface area contributed by atoms with Gasteiger partial charge in [0.15, 0.2) is 0 Å². The number of esters is 1. The van der Waals surface area contributed by atoms with E-state index >= 15 is 4.79 Å². The van der Waals surface area contributed by atoms with Gasteiger partial charge in [0, 0.05) is 29.8 Å². The lowest BCUT2D eigenvalue weighted by atomic mass is 9.98. The van der Waals surface area contributed by atoms with Crippen LogP contribution in [0.25, 0.3) is 21.9 Å². The summed E-state index contributed by atoms with van der Waals surface area (Å²) in [6, 6.07) is 35.5. The number of nitrogens with one attached hydrogen (secondary N) is 2. The number of para-hydroxylation sites is 2. The molecule has 69 heavy (non-hydrogen) atoms. The van der Waals surface area contributed by atoms with Crippen molar-refractivity contribution in [3.05, 3.63) is 155 Å². The Morgan fingerprint density at radius 3 is 2.04 bits per heavy atom. The minimum absolute atomic E-state index is 0.0774. The van der Waals surface area contributed by atoms with E-state index in [0.29, 0.717) is 44.7 Å². The third-order valence-corrected chi connectivity index (χ3v) is 12.4. The molecule has 6 aromatic carbocycles. The van der Waals surface area contributed by atoms with Crippen LogP contribution in [0.15, 0.2) is 127 Å². The minimum atomic E-state index is -1.33. The van der Waals surface area contributed by atoms with Gasteiger partial charge in [-0.25, -0.2) is 14.4 Å². The quantitative estimate of drug-likeness (QED) is 0.0944. The van der Waals surface area contributed by atoms with E-state index in [9.17, 15) is 24.0 Å². The standard InChI is InChI=1S/C54H53N5O10/c1-32(57(5)53(65)69-54(2,3)4)48(60)56-44-30-59(46-19-13-12-18-45(46)58(50(44)62)29-42-37-26-22-35(51(63)67-7)28-34(37)23-27-47(42)66-6)49(61)33-20-24-36(25-21-33)55-52(64)68-31-43-40-16-10-8-14-38(40)39-15-9-11-17-41(39)43/h8-28,32,43-44H,29-31H2,1-7H3,(H,55,64)(H,56,60). The Bertz CT molecular complexity index is 2940. The van der Waals surface area contributed by atoms with E-state index < -0.39 is 53.6 Å². The van der Waals surface area contributed by atoms with E-state index in [4.69, 9.17) is 18.9 Å². The molecule has 8 rings (SSSR count). The second kappa shape index (κ2) is 19.6. The lowest BCUT2D eigenvalue weighted by Crippen LogP contribution is -2.57. The molecule has 0 bridgehead atoms.